The van der Waals surface area contributed by atoms with Gasteiger partial charge in [0.2, 0.25) is 5.89 Å². The molecule has 0 radical (unpaired) electrons. The molecule has 12 heteroatoms. The fraction of sp³-hybridized carbons (Fsp3) is 0.208. The van der Waals surface area contributed by atoms with Gasteiger partial charge < -0.3 is 19.0 Å². The van der Waals surface area contributed by atoms with Crippen LogP contribution in [-0.4, -0.2) is 45.0 Å². The Bertz CT molecular complexity index is 1610. The van der Waals surface area contributed by atoms with E-state index in [9.17, 15) is 18.0 Å². The first-order chi connectivity index (χ1) is 17.3. The number of aliphatic hydroxyl groups is 1. The molecule has 0 atom stereocenters. The molecular weight excluding hydrogens is 481 g/mol. The molecule has 3 heterocycles. The van der Waals surface area contributed by atoms with Crippen LogP contribution in [0.5, 0.6) is 5.75 Å². The highest BCUT2D eigenvalue weighted by Gasteiger charge is 2.38. The molecule has 0 bridgehead atoms. The van der Waals surface area contributed by atoms with Crippen LogP contribution in [-0.2, 0) is 17.5 Å². The highest BCUT2D eigenvalue weighted by atomic mass is 19.4. The lowest BCUT2D eigenvalue weighted by Gasteiger charge is -2.08. The van der Waals surface area contributed by atoms with Crippen LogP contribution < -0.4 is 10.3 Å². The van der Waals surface area contributed by atoms with Gasteiger partial charge in [0.05, 0.1) is 38.2 Å². The van der Waals surface area contributed by atoms with Gasteiger partial charge in [0.15, 0.2) is 16.7 Å². The Morgan fingerprint density at radius 2 is 1.86 bits per heavy atom. The largest absolute Gasteiger partial charge is 0.494 e. The topological polar surface area (TPSA) is 115 Å². The van der Waals surface area contributed by atoms with Crippen LogP contribution in [0.3, 0.4) is 0 Å². The average Bonchev–Trinajstić information content (AvgIpc) is 3.46. The van der Waals surface area contributed by atoms with Crippen molar-refractivity contribution >= 4 is 16.7 Å². The van der Waals surface area contributed by atoms with Gasteiger partial charge in [0.1, 0.15) is 17.0 Å². The molecular formula is C24H19F3N4O5. The number of methoxy groups -OCH3 is 1. The smallest absolute Gasteiger partial charge is 0.433 e. The monoisotopic (exact) mass is 500 g/mol. The standard InChI is InChI=1S/C24H19F3N4O5/c1-34-15-8-5-9-16-19(15)29-22(36-16)18-14(12-35-11-10-32)28-21-17(13-6-3-2-4-7-13)20(24(25,26)27)30-31(21)23(18)33/h2-9,30,32H,10-12H2,1H3. The van der Waals surface area contributed by atoms with Crippen molar-refractivity contribution in [3.05, 3.63) is 70.3 Å². The molecule has 5 aromatic rings. The molecule has 186 valence electrons. The minimum Gasteiger partial charge on any atom is -0.494 e. The third-order valence-corrected chi connectivity index (χ3v) is 5.49. The predicted octanol–water partition coefficient (Wildman–Crippen LogP) is 4.03. The lowest BCUT2D eigenvalue weighted by Crippen LogP contribution is -2.21. The Kier molecular flexibility index (Phi) is 5.98. The van der Waals surface area contributed by atoms with Crippen molar-refractivity contribution in [1.82, 2.24) is 19.6 Å². The number of hydrogen-bond donors (Lipinski definition) is 2. The van der Waals surface area contributed by atoms with E-state index in [-0.39, 0.29) is 53.7 Å². The molecule has 2 aromatic carbocycles. The van der Waals surface area contributed by atoms with E-state index < -0.39 is 17.4 Å². The second kappa shape index (κ2) is 9.13. The highest BCUT2D eigenvalue weighted by molar-refractivity contribution is 5.84. The Balaban J connectivity index is 1.83. The molecule has 0 amide bonds. The molecule has 0 saturated heterocycles. The van der Waals surface area contributed by atoms with Crippen LogP contribution in [0, 0.1) is 0 Å². The molecule has 0 aliphatic carbocycles. The zero-order valence-electron chi connectivity index (χ0n) is 18.8. The van der Waals surface area contributed by atoms with Crippen molar-refractivity contribution < 1.29 is 32.2 Å². The number of oxazole rings is 1. The first-order valence-electron chi connectivity index (χ1n) is 10.8. The maximum Gasteiger partial charge on any atom is 0.433 e. The van der Waals surface area contributed by atoms with Crippen LogP contribution >= 0.6 is 0 Å². The van der Waals surface area contributed by atoms with E-state index in [4.69, 9.17) is 19.0 Å². The number of aromatic amines is 1. The van der Waals surface area contributed by atoms with E-state index >= 15 is 0 Å². The van der Waals surface area contributed by atoms with Crippen LogP contribution in [0.15, 0.2) is 57.7 Å². The van der Waals surface area contributed by atoms with Gasteiger partial charge in [-0.3, -0.25) is 9.89 Å². The summed E-state index contributed by atoms with van der Waals surface area (Å²) in [5, 5.41) is 11.3. The molecule has 0 aliphatic heterocycles. The van der Waals surface area contributed by atoms with Crippen LogP contribution in [0.2, 0.25) is 0 Å². The summed E-state index contributed by atoms with van der Waals surface area (Å²) in [6.07, 6.45) is -4.80. The van der Waals surface area contributed by atoms with Crippen molar-refractivity contribution in [1.29, 1.82) is 0 Å². The fourth-order valence-electron chi connectivity index (χ4n) is 3.95. The SMILES string of the molecule is COc1cccc2oc(-c3c(COCCO)nc4c(-c5ccccc5)c(C(F)(F)F)[nH]n4c3=O)nc12. The molecule has 3 aromatic heterocycles. The lowest BCUT2D eigenvalue weighted by molar-refractivity contribution is -0.140. The van der Waals surface area contributed by atoms with Crippen LogP contribution in [0.1, 0.15) is 11.4 Å². The van der Waals surface area contributed by atoms with Gasteiger partial charge in [-0.2, -0.15) is 17.7 Å². The zero-order valence-corrected chi connectivity index (χ0v) is 18.8. The molecule has 0 fully saturated rings. The van der Waals surface area contributed by atoms with Crippen molar-refractivity contribution in [2.45, 2.75) is 12.8 Å². The number of aliphatic hydroxyl groups excluding tert-OH is 1. The predicted molar refractivity (Wildman–Crippen MR) is 123 cm³/mol. The molecule has 0 unspecified atom stereocenters. The van der Waals surface area contributed by atoms with Crippen molar-refractivity contribution in [3.8, 4) is 28.3 Å². The summed E-state index contributed by atoms with van der Waals surface area (Å²) >= 11 is 0. The Morgan fingerprint density at radius 3 is 2.56 bits per heavy atom. The summed E-state index contributed by atoms with van der Waals surface area (Å²) in [7, 11) is 1.45. The summed E-state index contributed by atoms with van der Waals surface area (Å²) in [5.74, 6) is 0.230. The van der Waals surface area contributed by atoms with Gasteiger partial charge >= 0.3 is 6.18 Å². The zero-order chi connectivity index (χ0) is 25.4. The minimum absolute atomic E-state index is 0.00359. The van der Waals surface area contributed by atoms with Crippen molar-refractivity contribution in [3.63, 3.8) is 0 Å². The first kappa shape index (κ1) is 23.6. The Hall–Kier alpha value is -4.16. The van der Waals surface area contributed by atoms with Gasteiger partial charge in [-0.15, -0.1) is 0 Å². The van der Waals surface area contributed by atoms with E-state index in [2.05, 4.69) is 15.1 Å². The number of rotatable bonds is 7. The number of alkyl halides is 3. The lowest BCUT2D eigenvalue weighted by atomic mass is 10.1. The third-order valence-electron chi connectivity index (χ3n) is 5.49. The number of para-hydroxylation sites is 1. The second-order valence-electron chi connectivity index (χ2n) is 7.73. The van der Waals surface area contributed by atoms with Gasteiger partial charge in [-0.1, -0.05) is 36.4 Å². The van der Waals surface area contributed by atoms with E-state index in [1.807, 2.05) is 0 Å². The van der Waals surface area contributed by atoms with Crippen LogP contribution in [0.4, 0.5) is 13.2 Å². The number of nitrogens with zero attached hydrogens (tertiary/aromatic N) is 3. The average molecular weight is 500 g/mol. The van der Waals surface area contributed by atoms with E-state index in [1.54, 1.807) is 36.4 Å². The van der Waals surface area contributed by atoms with Gasteiger partial charge in [-0.25, -0.2) is 9.97 Å². The summed E-state index contributed by atoms with van der Waals surface area (Å²) in [5.41, 5.74) is -1.83. The molecule has 36 heavy (non-hydrogen) atoms. The third kappa shape index (κ3) is 3.99. The number of halogens is 3. The van der Waals surface area contributed by atoms with E-state index in [0.29, 0.717) is 16.8 Å². The molecule has 9 nitrogen and oxygen atoms in total. The number of benzene rings is 2. The summed E-state index contributed by atoms with van der Waals surface area (Å²) in [6.45, 7) is -0.652. The number of H-pyrrole nitrogens is 1. The summed E-state index contributed by atoms with van der Waals surface area (Å²) in [6, 6.07) is 12.8. The van der Waals surface area contributed by atoms with Crippen molar-refractivity contribution in [2.75, 3.05) is 20.3 Å². The summed E-state index contributed by atoms with van der Waals surface area (Å²) < 4.78 is 59.3. The fourth-order valence-corrected chi connectivity index (χ4v) is 3.95. The normalized spacial score (nSPS) is 12.0. The Labute approximate surface area is 200 Å². The highest BCUT2D eigenvalue weighted by Crippen LogP contribution is 2.39. The van der Waals surface area contributed by atoms with E-state index in [0.717, 1.165) is 4.52 Å². The molecule has 0 spiro atoms. The summed E-state index contributed by atoms with van der Waals surface area (Å²) in [4.78, 5) is 22.4. The van der Waals surface area contributed by atoms with Crippen LogP contribution in [0.25, 0.3) is 39.3 Å². The molecule has 5 rings (SSSR count). The van der Waals surface area contributed by atoms with E-state index in [1.165, 1.54) is 19.2 Å². The molecule has 0 saturated carbocycles. The number of nitrogens with one attached hydrogen (secondary N) is 1. The van der Waals surface area contributed by atoms with Gasteiger partial charge in [-0.05, 0) is 17.7 Å². The maximum atomic E-state index is 14.0. The molecule has 2 N–H and O–H groups in total. The first-order valence-corrected chi connectivity index (χ1v) is 10.8. The number of ether oxygens (including phenoxy) is 2. The quantitative estimate of drug-likeness (QED) is 0.324. The number of aromatic nitrogens is 4. The van der Waals surface area contributed by atoms with Gasteiger partial charge in [0, 0.05) is 0 Å². The number of hydrogen-bond acceptors (Lipinski definition) is 7. The Morgan fingerprint density at radius 1 is 1.08 bits per heavy atom. The maximum absolute atomic E-state index is 14.0. The molecule has 0 aliphatic rings. The second-order valence-corrected chi connectivity index (χ2v) is 7.73. The van der Waals surface area contributed by atoms with Crippen molar-refractivity contribution in [2.24, 2.45) is 0 Å². The number of fused-ring (bicyclic) bond motifs is 2. The minimum atomic E-state index is -4.80. The van der Waals surface area contributed by atoms with Gasteiger partial charge in [0.25, 0.3) is 5.56 Å².